The molecule has 17 heavy (non-hydrogen) atoms. The molecule has 0 fully saturated rings. The molecule has 0 saturated heterocycles. The zero-order valence-corrected chi connectivity index (χ0v) is 9.67. The Morgan fingerprint density at radius 1 is 1.35 bits per heavy atom. The summed E-state index contributed by atoms with van der Waals surface area (Å²) >= 11 is 0. The minimum absolute atomic E-state index is 0.343. The third-order valence-electron chi connectivity index (χ3n) is 2.37. The summed E-state index contributed by atoms with van der Waals surface area (Å²) in [7, 11) is 0. The Kier molecular flexibility index (Phi) is 3.55. The van der Waals surface area contributed by atoms with Crippen molar-refractivity contribution < 1.29 is 9.53 Å². The Bertz CT molecular complexity index is 491. The van der Waals surface area contributed by atoms with Crippen molar-refractivity contribution in [2.45, 2.75) is 13.5 Å². The summed E-state index contributed by atoms with van der Waals surface area (Å²) in [6.07, 6.45) is 3.38. The fourth-order valence-corrected chi connectivity index (χ4v) is 1.60. The van der Waals surface area contributed by atoms with E-state index >= 15 is 0 Å². The van der Waals surface area contributed by atoms with Crippen molar-refractivity contribution in [1.82, 2.24) is 9.55 Å². The molecule has 0 N–H and O–H groups in total. The SMILES string of the molecule is CCOC(=O)c1nccn1Cc1ccccc1. The monoisotopic (exact) mass is 230 g/mol. The van der Waals surface area contributed by atoms with Crippen LogP contribution >= 0.6 is 0 Å². The molecule has 0 unspecified atom stereocenters. The molecule has 1 heterocycles. The van der Waals surface area contributed by atoms with E-state index in [1.807, 2.05) is 30.3 Å². The molecule has 0 aliphatic rings. The smallest absolute Gasteiger partial charge is 0.374 e. The van der Waals surface area contributed by atoms with Gasteiger partial charge in [-0.25, -0.2) is 9.78 Å². The molecule has 2 aromatic rings. The van der Waals surface area contributed by atoms with Gasteiger partial charge >= 0.3 is 5.97 Å². The Labute approximate surface area is 99.9 Å². The van der Waals surface area contributed by atoms with Crippen LogP contribution in [-0.2, 0) is 11.3 Å². The minimum Gasteiger partial charge on any atom is -0.460 e. The van der Waals surface area contributed by atoms with Crippen LogP contribution in [0.2, 0.25) is 0 Å². The van der Waals surface area contributed by atoms with Crippen molar-refractivity contribution in [3.63, 3.8) is 0 Å². The van der Waals surface area contributed by atoms with Gasteiger partial charge in [0.25, 0.3) is 0 Å². The summed E-state index contributed by atoms with van der Waals surface area (Å²) in [6.45, 7) is 2.76. The Morgan fingerprint density at radius 3 is 2.82 bits per heavy atom. The second-order valence-corrected chi connectivity index (χ2v) is 3.58. The Morgan fingerprint density at radius 2 is 2.12 bits per heavy atom. The molecule has 0 bridgehead atoms. The van der Waals surface area contributed by atoms with Crippen molar-refractivity contribution in [2.24, 2.45) is 0 Å². The van der Waals surface area contributed by atoms with Gasteiger partial charge in [0.2, 0.25) is 5.82 Å². The van der Waals surface area contributed by atoms with Crippen LogP contribution in [0.15, 0.2) is 42.7 Å². The maximum Gasteiger partial charge on any atom is 0.374 e. The molecule has 0 spiro atoms. The summed E-state index contributed by atoms with van der Waals surface area (Å²) in [6, 6.07) is 9.92. The van der Waals surface area contributed by atoms with Crippen LogP contribution in [0, 0.1) is 0 Å². The lowest BCUT2D eigenvalue weighted by Crippen LogP contribution is -2.13. The second kappa shape index (κ2) is 5.30. The Hall–Kier alpha value is -2.10. The molecule has 4 nitrogen and oxygen atoms in total. The number of hydrogen-bond donors (Lipinski definition) is 0. The van der Waals surface area contributed by atoms with Gasteiger partial charge in [-0.15, -0.1) is 0 Å². The predicted molar refractivity (Wildman–Crippen MR) is 63.7 cm³/mol. The van der Waals surface area contributed by atoms with Crippen LogP contribution in [-0.4, -0.2) is 22.1 Å². The van der Waals surface area contributed by atoms with Crippen molar-refractivity contribution in [3.8, 4) is 0 Å². The first kappa shape index (κ1) is 11.4. The van der Waals surface area contributed by atoms with Crippen molar-refractivity contribution in [1.29, 1.82) is 0 Å². The number of imidazole rings is 1. The van der Waals surface area contributed by atoms with E-state index in [9.17, 15) is 4.79 Å². The molecule has 0 saturated carbocycles. The van der Waals surface area contributed by atoms with Crippen LogP contribution in [0.25, 0.3) is 0 Å². The summed E-state index contributed by atoms with van der Waals surface area (Å²) in [5.41, 5.74) is 1.12. The number of ether oxygens (including phenoxy) is 1. The van der Waals surface area contributed by atoms with E-state index in [4.69, 9.17) is 4.74 Å². The highest BCUT2D eigenvalue weighted by atomic mass is 16.5. The first-order chi connectivity index (χ1) is 8.31. The molecular formula is C13H14N2O2. The lowest BCUT2D eigenvalue weighted by molar-refractivity contribution is 0.0507. The van der Waals surface area contributed by atoms with Gasteiger partial charge in [-0.2, -0.15) is 0 Å². The highest BCUT2D eigenvalue weighted by Gasteiger charge is 2.13. The highest BCUT2D eigenvalue weighted by Crippen LogP contribution is 2.06. The average molecular weight is 230 g/mol. The standard InChI is InChI=1S/C13H14N2O2/c1-2-17-13(16)12-14-8-9-15(12)10-11-6-4-3-5-7-11/h3-9H,2,10H2,1H3. The number of carbonyl (C=O) groups excluding carboxylic acids is 1. The molecule has 88 valence electrons. The topological polar surface area (TPSA) is 44.1 Å². The molecule has 0 radical (unpaired) electrons. The number of benzene rings is 1. The van der Waals surface area contributed by atoms with Gasteiger partial charge in [0.05, 0.1) is 6.61 Å². The first-order valence-corrected chi connectivity index (χ1v) is 5.53. The van der Waals surface area contributed by atoms with E-state index in [0.717, 1.165) is 5.56 Å². The quantitative estimate of drug-likeness (QED) is 0.755. The van der Waals surface area contributed by atoms with Crippen LogP contribution in [0.1, 0.15) is 23.1 Å². The minimum atomic E-state index is -0.381. The zero-order chi connectivity index (χ0) is 12.1. The molecule has 1 aromatic heterocycles. The molecule has 1 aromatic carbocycles. The molecule has 0 aliphatic heterocycles. The van der Waals surface area contributed by atoms with Crippen molar-refractivity contribution in [2.75, 3.05) is 6.61 Å². The largest absolute Gasteiger partial charge is 0.460 e. The molecule has 0 amide bonds. The fourth-order valence-electron chi connectivity index (χ4n) is 1.60. The van der Waals surface area contributed by atoms with Crippen molar-refractivity contribution in [3.05, 3.63) is 54.1 Å². The fraction of sp³-hybridized carbons (Fsp3) is 0.231. The molecule has 4 heteroatoms. The van der Waals surface area contributed by atoms with Gasteiger partial charge < -0.3 is 9.30 Å². The van der Waals surface area contributed by atoms with Gasteiger partial charge in [0, 0.05) is 18.9 Å². The summed E-state index contributed by atoms with van der Waals surface area (Å²) in [5, 5.41) is 0. The van der Waals surface area contributed by atoms with Gasteiger partial charge in [-0.1, -0.05) is 30.3 Å². The summed E-state index contributed by atoms with van der Waals surface area (Å²) in [5.74, 6) is -0.0378. The summed E-state index contributed by atoms with van der Waals surface area (Å²) < 4.78 is 6.73. The van der Waals surface area contributed by atoms with Gasteiger partial charge in [0.1, 0.15) is 0 Å². The van der Waals surface area contributed by atoms with Crippen molar-refractivity contribution >= 4 is 5.97 Å². The van der Waals surface area contributed by atoms with Crippen LogP contribution in [0.3, 0.4) is 0 Å². The lowest BCUT2D eigenvalue weighted by Gasteiger charge is -2.06. The van der Waals surface area contributed by atoms with E-state index in [0.29, 0.717) is 19.0 Å². The molecule has 0 atom stereocenters. The van der Waals surface area contributed by atoms with Crippen LogP contribution in [0.4, 0.5) is 0 Å². The first-order valence-electron chi connectivity index (χ1n) is 5.53. The maximum absolute atomic E-state index is 11.6. The number of nitrogens with zero attached hydrogens (tertiary/aromatic N) is 2. The number of rotatable bonds is 4. The molecule has 2 rings (SSSR count). The van der Waals surface area contributed by atoms with Gasteiger partial charge in [-0.3, -0.25) is 0 Å². The number of esters is 1. The van der Waals surface area contributed by atoms with Gasteiger partial charge in [0.15, 0.2) is 0 Å². The number of carbonyl (C=O) groups is 1. The normalized spacial score (nSPS) is 10.2. The second-order valence-electron chi connectivity index (χ2n) is 3.58. The highest BCUT2D eigenvalue weighted by molar-refractivity contribution is 5.85. The van der Waals surface area contributed by atoms with Gasteiger partial charge in [-0.05, 0) is 12.5 Å². The Balaban J connectivity index is 2.17. The molecular weight excluding hydrogens is 216 g/mol. The van der Waals surface area contributed by atoms with E-state index < -0.39 is 0 Å². The molecule has 0 aliphatic carbocycles. The van der Waals surface area contributed by atoms with E-state index in [-0.39, 0.29) is 5.97 Å². The van der Waals surface area contributed by atoms with E-state index in [1.54, 1.807) is 23.9 Å². The lowest BCUT2D eigenvalue weighted by atomic mass is 10.2. The summed E-state index contributed by atoms with van der Waals surface area (Å²) in [4.78, 5) is 15.6. The van der Waals surface area contributed by atoms with Crippen LogP contribution < -0.4 is 0 Å². The third-order valence-corrected chi connectivity index (χ3v) is 2.37. The third kappa shape index (κ3) is 2.72. The predicted octanol–water partition coefficient (Wildman–Crippen LogP) is 2.11. The van der Waals surface area contributed by atoms with E-state index in [1.165, 1.54) is 0 Å². The number of hydrogen-bond acceptors (Lipinski definition) is 3. The number of aromatic nitrogens is 2. The average Bonchev–Trinajstić information content (AvgIpc) is 2.79. The van der Waals surface area contributed by atoms with E-state index in [2.05, 4.69) is 4.98 Å². The van der Waals surface area contributed by atoms with Crippen LogP contribution in [0.5, 0.6) is 0 Å². The maximum atomic E-state index is 11.6. The zero-order valence-electron chi connectivity index (χ0n) is 9.67.